The summed E-state index contributed by atoms with van der Waals surface area (Å²) in [7, 11) is -0.159. The molecule has 1 atom stereocenters. The van der Waals surface area contributed by atoms with Gasteiger partial charge in [-0.25, -0.2) is 0 Å². The van der Waals surface area contributed by atoms with Gasteiger partial charge in [0.1, 0.15) is 0 Å². The van der Waals surface area contributed by atoms with Crippen LogP contribution in [0, 0.1) is 5.92 Å². The minimum Gasteiger partial charge on any atom is -0.0961 e. The van der Waals surface area contributed by atoms with E-state index >= 15 is 0 Å². The summed E-state index contributed by atoms with van der Waals surface area (Å²) in [5.74, 6) is 0.826. The molecule has 0 radical (unpaired) electrons. The Kier molecular flexibility index (Phi) is 5.67. The van der Waals surface area contributed by atoms with Crippen LogP contribution in [0.2, 0.25) is 0 Å². The highest BCUT2D eigenvalue weighted by molar-refractivity contribution is 7.84. The van der Waals surface area contributed by atoms with Crippen LogP contribution in [0.4, 0.5) is 0 Å². The molecule has 0 saturated heterocycles. The minimum atomic E-state index is -0.159. The molecule has 0 aromatic heterocycles. The van der Waals surface area contributed by atoms with Gasteiger partial charge in [0.15, 0.2) is 0 Å². The van der Waals surface area contributed by atoms with E-state index in [1.165, 1.54) is 44.7 Å². The second-order valence-electron chi connectivity index (χ2n) is 4.60. The van der Waals surface area contributed by atoms with Crippen molar-refractivity contribution in [3.05, 3.63) is 0 Å². The molecule has 1 unspecified atom stereocenters. The van der Waals surface area contributed by atoms with Gasteiger partial charge in [0.05, 0.1) is 0 Å². The first-order chi connectivity index (χ1) is 6.20. The van der Waals surface area contributed by atoms with Crippen LogP contribution in [0.3, 0.4) is 0 Å². The van der Waals surface area contributed by atoms with E-state index in [1.807, 2.05) is 0 Å². The number of rotatable bonds is 4. The third kappa shape index (κ3) is 4.66. The second-order valence-corrected chi connectivity index (χ2v) is 7.88. The Morgan fingerprint density at radius 2 is 1.85 bits per heavy atom. The largest absolute Gasteiger partial charge is 0.0961 e. The number of hydrogen-bond acceptors (Lipinski definition) is 0. The van der Waals surface area contributed by atoms with Crippen LogP contribution in [-0.2, 0) is 0 Å². The highest BCUT2D eigenvalue weighted by Gasteiger charge is 2.21. The van der Waals surface area contributed by atoms with Gasteiger partial charge in [-0.05, 0) is 44.3 Å². The Hall–Kier alpha value is 0.720. The normalized spacial score (nSPS) is 22.2. The maximum absolute atomic E-state index is 6.47. The fraction of sp³-hybridized carbons (Fsp3) is 1.00. The van der Waals surface area contributed by atoms with E-state index < -0.39 is 0 Å². The maximum Gasteiger partial charge on any atom is -0.00655 e. The maximum atomic E-state index is 6.47. The fourth-order valence-electron chi connectivity index (χ4n) is 1.93. The molecule has 0 aromatic carbocycles. The lowest BCUT2D eigenvalue weighted by Gasteiger charge is -2.26. The van der Waals surface area contributed by atoms with E-state index in [1.54, 1.807) is 0 Å². The zero-order chi connectivity index (χ0) is 9.68. The predicted octanol–water partition coefficient (Wildman–Crippen LogP) is 5.00. The van der Waals surface area contributed by atoms with Gasteiger partial charge in [-0.1, -0.05) is 44.4 Å². The summed E-state index contributed by atoms with van der Waals surface area (Å²) >= 11 is 6.47. The lowest BCUT2D eigenvalue weighted by molar-refractivity contribution is 0.511. The summed E-state index contributed by atoms with van der Waals surface area (Å²) in [6.45, 7) is 4.59. The molecule has 0 bridgehead atoms. The zero-order valence-electron chi connectivity index (χ0n) is 8.93. The van der Waals surface area contributed by atoms with Crippen molar-refractivity contribution in [2.75, 3.05) is 6.16 Å². The molecule has 1 rings (SSSR count). The van der Waals surface area contributed by atoms with Crippen molar-refractivity contribution in [1.82, 2.24) is 0 Å². The van der Waals surface area contributed by atoms with E-state index in [9.17, 15) is 0 Å². The summed E-state index contributed by atoms with van der Waals surface area (Å²) in [5.41, 5.74) is 0.893. The Morgan fingerprint density at radius 3 is 2.38 bits per heavy atom. The van der Waals surface area contributed by atoms with Crippen molar-refractivity contribution >= 4 is 18.5 Å². The van der Waals surface area contributed by atoms with Gasteiger partial charge < -0.3 is 0 Å². The lowest BCUT2D eigenvalue weighted by atomic mass is 10.0. The highest BCUT2D eigenvalue weighted by Crippen LogP contribution is 2.52. The van der Waals surface area contributed by atoms with Gasteiger partial charge in [-0.2, -0.15) is 0 Å². The van der Waals surface area contributed by atoms with Gasteiger partial charge in [-0.3, -0.25) is 0 Å². The summed E-state index contributed by atoms with van der Waals surface area (Å²) in [4.78, 5) is 0. The SMILES string of the molecule is CC(C)CCP(Cl)C1CCCCC1. The van der Waals surface area contributed by atoms with Crippen LogP contribution in [0.25, 0.3) is 0 Å². The highest BCUT2D eigenvalue weighted by atomic mass is 35.7. The molecule has 1 aliphatic carbocycles. The average Bonchev–Trinajstić information content (AvgIpc) is 2.15. The molecule has 0 spiro atoms. The summed E-state index contributed by atoms with van der Waals surface area (Å²) in [5, 5.41) is 0. The molecule has 2 heteroatoms. The van der Waals surface area contributed by atoms with Crippen LogP contribution in [0.1, 0.15) is 52.4 Å². The molecule has 0 heterocycles. The Bertz CT molecular complexity index is 130. The molecule has 0 nitrogen and oxygen atoms in total. The van der Waals surface area contributed by atoms with Crippen LogP contribution in [-0.4, -0.2) is 11.8 Å². The molecule has 13 heavy (non-hydrogen) atoms. The summed E-state index contributed by atoms with van der Waals surface area (Å²) < 4.78 is 0. The van der Waals surface area contributed by atoms with Crippen molar-refractivity contribution in [3.8, 4) is 0 Å². The lowest BCUT2D eigenvalue weighted by Crippen LogP contribution is -2.10. The van der Waals surface area contributed by atoms with Gasteiger partial charge in [0.25, 0.3) is 0 Å². The second kappa shape index (κ2) is 6.25. The van der Waals surface area contributed by atoms with E-state index in [0.29, 0.717) is 0 Å². The van der Waals surface area contributed by atoms with E-state index in [2.05, 4.69) is 13.8 Å². The first kappa shape index (κ1) is 11.8. The standard InChI is InChI=1S/C11H22ClP/c1-10(2)8-9-13(12)11-6-4-3-5-7-11/h10-11H,3-9H2,1-2H3. The molecule has 0 aromatic rings. The first-order valence-electron chi connectivity index (χ1n) is 5.62. The quantitative estimate of drug-likeness (QED) is 0.585. The predicted molar refractivity (Wildman–Crippen MR) is 64.0 cm³/mol. The molecule has 0 aliphatic heterocycles. The summed E-state index contributed by atoms with van der Waals surface area (Å²) in [6.07, 6.45) is 9.74. The fourth-order valence-corrected chi connectivity index (χ4v) is 4.86. The molecule has 0 N–H and O–H groups in total. The molecule has 1 aliphatic rings. The topological polar surface area (TPSA) is 0 Å². The van der Waals surface area contributed by atoms with E-state index in [0.717, 1.165) is 11.6 Å². The Balaban J connectivity index is 2.17. The Morgan fingerprint density at radius 1 is 1.23 bits per heavy atom. The van der Waals surface area contributed by atoms with Gasteiger partial charge in [0.2, 0.25) is 0 Å². The molecule has 1 fully saturated rings. The number of halogens is 1. The molecular formula is C11H22ClP. The average molecular weight is 221 g/mol. The first-order valence-corrected chi connectivity index (χ1v) is 8.12. The van der Waals surface area contributed by atoms with E-state index in [4.69, 9.17) is 11.2 Å². The number of hydrogen-bond donors (Lipinski definition) is 0. The van der Waals surface area contributed by atoms with Crippen molar-refractivity contribution in [1.29, 1.82) is 0 Å². The van der Waals surface area contributed by atoms with Crippen molar-refractivity contribution in [2.45, 2.75) is 58.0 Å². The van der Waals surface area contributed by atoms with Crippen LogP contribution >= 0.6 is 18.5 Å². The smallest absolute Gasteiger partial charge is 0.00655 e. The Labute approximate surface area is 89.0 Å². The third-order valence-electron chi connectivity index (χ3n) is 2.89. The summed E-state index contributed by atoms with van der Waals surface area (Å²) in [6, 6.07) is 0. The van der Waals surface area contributed by atoms with Crippen LogP contribution in [0.5, 0.6) is 0 Å². The zero-order valence-corrected chi connectivity index (χ0v) is 10.6. The van der Waals surface area contributed by atoms with Crippen LogP contribution in [0.15, 0.2) is 0 Å². The van der Waals surface area contributed by atoms with Gasteiger partial charge in [0, 0.05) is 0 Å². The van der Waals surface area contributed by atoms with Crippen LogP contribution < -0.4 is 0 Å². The van der Waals surface area contributed by atoms with Crippen molar-refractivity contribution < 1.29 is 0 Å². The van der Waals surface area contributed by atoms with E-state index in [-0.39, 0.29) is 7.27 Å². The van der Waals surface area contributed by atoms with Crippen molar-refractivity contribution in [3.63, 3.8) is 0 Å². The molecule has 78 valence electrons. The minimum absolute atomic E-state index is 0.159. The van der Waals surface area contributed by atoms with Gasteiger partial charge >= 0.3 is 0 Å². The monoisotopic (exact) mass is 220 g/mol. The molecule has 1 saturated carbocycles. The van der Waals surface area contributed by atoms with Gasteiger partial charge in [-0.15, -0.1) is 0 Å². The molecular weight excluding hydrogens is 199 g/mol. The molecule has 0 amide bonds. The third-order valence-corrected chi connectivity index (χ3v) is 6.22. The van der Waals surface area contributed by atoms with Crippen molar-refractivity contribution in [2.24, 2.45) is 5.92 Å².